The first-order valence-electron chi connectivity index (χ1n) is 5.74. The van der Waals surface area contributed by atoms with Crippen molar-refractivity contribution in [1.82, 2.24) is 10.1 Å². The van der Waals surface area contributed by atoms with E-state index in [0.717, 1.165) is 11.5 Å². The molecule has 1 aromatic carbocycles. The Bertz CT molecular complexity index is 566. The van der Waals surface area contributed by atoms with Gasteiger partial charge in [-0.2, -0.15) is 4.98 Å². The molecule has 0 amide bonds. The number of anilines is 1. The van der Waals surface area contributed by atoms with E-state index in [9.17, 15) is 0 Å². The van der Waals surface area contributed by atoms with Gasteiger partial charge in [0.25, 0.3) is 0 Å². The third-order valence-corrected chi connectivity index (χ3v) is 3.53. The Morgan fingerprint density at radius 2 is 2.11 bits per heavy atom. The number of nitrogens with one attached hydrogen (secondary N) is 1. The molecule has 0 atom stereocenters. The van der Waals surface area contributed by atoms with E-state index in [2.05, 4.69) is 15.5 Å². The number of rotatable bonds is 4. The molecule has 94 valence electrons. The van der Waals surface area contributed by atoms with Crippen molar-refractivity contribution in [3.05, 3.63) is 40.0 Å². The van der Waals surface area contributed by atoms with Crippen molar-refractivity contribution >= 4 is 28.9 Å². The van der Waals surface area contributed by atoms with E-state index in [1.807, 2.05) is 6.07 Å². The van der Waals surface area contributed by atoms with Crippen LogP contribution in [0.3, 0.4) is 0 Å². The van der Waals surface area contributed by atoms with E-state index in [1.54, 1.807) is 12.1 Å². The lowest BCUT2D eigenvalue weighted by Crippen LogP contribution is -1.99. The normalized spacial score (nSPS) is 14.8. The predicted molar refractivity (Wildman–Crippen MR) is 70.1 cm³/mol. The van der Waals surface area contributed by atoms with Crippen LogP contribution in [0.2, 0.25) is 10.0 Å². The minimum atomic E-state index is 0.484. The van der Waals surface area contributed by atoms with Crippen molar-refractivity contribution in [3.8, 4) is 0 Å². The fraction of sp³-hybridized carbons (Fsp3) is 0.333. The van der Waals surface area contributed by atoms with Crippen LogP contribution >= 0.6 is 23.2 Å². The summed E-state index contributed by atoms with van der Waals surface area (Å²) in [6.45, 7) is 0.484. The van der Waals surface area contributed by atoms with Crippen LogP contribution in [0.25, 0.3) is 0 Å². The highest BCUT2D eigenvalue weighted by atomic mass is 35.5. The summed E-state index contributed by atoms with van der Waals surface area (Å²) in [5.41, 5.74) is 0.871. The maximum atomic E-state index is 5.93. The topological polar surface area (TPSA) is 51.0 Å². The zero-order valence-corrected chi connectivity index (χ0v) is 11.0. The zero-order valence-electron chi connectivity index (χ0n) is 9.49. The Kier molecular flexibility index (Phi) is 3.14. The monoisotopic (exact) mass is 283 g/mol. The van der Waals surface area contributed by atoms with Gasteiger partial charge >= 0.3 is 0 Å². The summed E-state index contributed by atoms with van der Waals surface area (Å²) in [4.78, 5) is 4.33. The number of aromatic nitrogens is 2. The standard InChI is InChI=1S/C12H11Cl2N3O/c13-9-4-3-8(5-10(9)14)15-6-11-16-12(17-18-11)7-1-2-7/h3-5,7,15H,1-2,6H2. The van der Waals surface area contributed by atoms with E-state index in [4.69, 9.17) is 27.7 Å². The molecule has 0 spiro atoms. The summed E-state index contributed by atoms with van der Waals surface area (Å²) in [5.74, 6) is 1.91. The molecule has 18 heavy (non-hydrogen) atoms. The summed E-state index contributed by atoms with van der Waals surface area (Å²) in [5, 5.41) is 8.17. The van der Waals surface area contributed by atoms with Crippen LogP contribution in [0.15, 0.2) is 22.7 Å². The molecule has 6 heteroatoms. The van der Waals surface area contributed by atoms with Crippen molar-refractivity contribution in [2.75, 3.05) is 5.32 Å². The molecular formula is C12H11Cl2N3O. The predicted octanol–water partition coefficient (Wildman–Crippen LogP) is 3.87. The van der Waals surface area contributed by atoms with Gasteiger partial charge < -0.3 is 9.84 Å². The van der Waals surface area contributed by atoms with Crippen molar-refractivity contribution in [1.29, 1.82) is 0 Å². The minimum absolute atomic E-state index is 0.484. The number of hydrogen-bond donors (Lipinski definition) is 1. The summed E-state index contributed by atoms with van der Waals surface area (Å²) < 4.78 is 5.16. The smallest absolute Gasteiger partial charge is 0.245 e. The second-order valence-electron chi connectivity index (χ2n) is 4.30. The Hall–Kier alpha value is -1.26. The Balaban J connectivity index is 1.63. The van der Waals surface area contributed by atoms with E-state index in [0.29, 0.717) is 28.4 Å². The first-order chi connectivity index (χ1) is 8.72. The van der Waals surface area contributed by atoms with Gasteiger partial charge in [0.15, 0.2) is 5.82 Å². The minimum Gasteiger partial charge on any atom is -0.376 e. The Labute approximate surface area is 114 Å². The van der Waals surface area contributed by atoms with Gasteiger partial charge in [-0.3, -0.25) is 0 Å². The summed E-state index contributed by atoms with van der Waals surface area (Å²) in [6.07, 6.45) is 2.33. The van der Waals surface area contributed by atoms with Crippen LogP contribution in [-0.2, 0) is 6.54 Å². The molecular weight excluding hydrogens is 273 g/mol. The summed E-state index contributed by atoms with van der Waals surface area (Å²) >= 11 is 11.8. The van der Waals surface area contributed by atoms with Crippen molar-refractivity contribution in [2.45, 2.75) is 25.3 Å². The van der Waals surface area contributed by atoms with Gasteiger partial charge in [-0.1, -0.05) is 28.4 Å². The van der Waals surface area contributed by atoms with E-state index < -0.39 is 0 Å². The zero-order chi connectivity index (χ0) is 12.5. The lowest BCUT2D eigenvalue weighted by Gasteiger charge is -2.04. The molecule has 1 aromatic heterocycles. The van der Waals surface area contributed by atoms with Crippen LogP contribution in [0.1, 0.15) is 30.5 Å². The molecule has 0 radical (unpaired) electrons. The van der Waals surface area contributed by atoms with Crippen LogP contribution in [0, 0.1) is 0 Å². The average molecular weight is 284 g/mol. The quantitative estimate of drug-likeness (QED) is 0.926. The molecule has 1 saturated carbocycles. The fourth-order valence-corrected chi connectivity index (χ4v) is 1.93. The highest BCUT2D eigenvalue weighted by molar-refractivity contribution is 6.42. The third-order valence-electron chi connectivity index (χ3n) is 2.79. The van der Waals surface area contributed by atoms with Gasteiger partial charge in [-0.15, -0.1) is 0 Å². The van der Waals surface area contributed by atoms with Crippen molar-refractivity contribution in [3.63, 3.8) is 0 Å². The molecule has 1 aliphatic carbocycles. The first-order valence-corrected chi connectivity index (χ1v) is 6.49. The Morgan fingerprint density at radius 3 is 2.83 bits per heavy atom. The van der Waals surface area contributed by atoms with Crippen LogP contribution in [0.4, 0.5) is 5.69 Å². The van der Waals surface area contributed by atoms with Crippen LogP contribution in [0.5, 0.6) is 0 Å². The SMILES string of the molecule is Clc1ccc(NCc2nc(C3CC3)no2)cc1Cl. The van der Waals surface area contributed by atoms with Crippen LogP contribution < -0.4 is 5.32 Å². The molecule has 1 heterocycles. The lowest BCUT2D eigenvalue weighted by atomic mass is 10.3. The van der Waals surface area contributed by atoms with Crippen molar-refractivity contribution in [2.24, 2.45) is 0 Å². The van der Waals surface area contributed by atoms with Gasteiger partial charge in [-0.05, 0) is 31.0 Å². The maximum absolute atomic E-state index is 5.93. The number of nitrogens with zero attached hydrogens (tertiary/aromatic N) is 2. The van der Waals surface area contributed by atoms with Crippen molar-refractivity contribution < 1.29 is 4.52 Å². The lowest BCUT2D eigenvalue weighted by molar-refractivity contribution is 0.378. The van der Waals surface area contributed by atoms with Gasteiger partial charge in [0.05, 0.1) is 16.6 Å². The molecule has 1 aliphatic rings. The van der Waals surface area contributed by atoms with E-state index >= 15 is 0 Å². The highest BCUT2D eigenvalue weighted by Crippen LogP contribution is 2.38. The van der Waals surface area contributed by atoms with Gasteiger partial charge in [0.1, 0.15) is 0 Å². The molecule has 0 saturated heterocycles. The first kappa shape index (κ1) is 11.8. The van der Waals surface area contributed by atoms with Crippen LogP contribution in [-0.4, -0.2) is 10.1 Å². The molecule has 4 nitrogen and oxygen atoms in total. The van der Waals surface area contributed by atoms with Gasteiger partial charge in [0, 0.05) is 11.6 Å². The summed E-state index contributed by atoms with van der Waals surface area (Å²) in [6, 6.07) is 5.37. The largest absolute Gasteiger partial charge is 0.376 e. The molecule has 1 N–H and O–H groups in total. The molecule has 0 aliphatic heterocycles. The molecule has 1 fully saturated rings. The maximum Gasteiger partial charge on any atom is 0.245 e. The molecule has 0 unspecified atom stereocenters. The third kappa shape index (κ3) is 2.60. The Morgan fingerprint density at radius 1 is 1.28 bits per heavy atom. The molecule has 0 bridgehead atoms. The molecule has 3 rings (SSSR count). The number of hydrogen-bond acceptors (Lipinski definition) is 4. The second-order valence-corrected chi connectivity index (χ2v) is 5.12. The number of halogens is 2. The average Bonchev–Trinajstić information content (AvgIpc) is 3.11. The van der Waals surface area contributed by atoms with Gasteiger partial charge in [-0.25, -0.2) is 0 Å². The van der Waals surface area contributed by atoms with E-state index in [-0.39, 0.29) is 0 Å². The second kappa shape index (κ2) is 4.78. The highest BCUT2D eigenvalue weighted by Gasteiger charge is 2.28. The molecule has 2 aromatic rings. The fourth-order valence-electron chi connectivity index (χ4n) is 1.63. The summed E-state index contributed by atoms with van der Waals surface area (Å²) in [7, 11) is 0. The van der Waals surface area contributed by atoms with Gasteiger partial charge in [0.2, 0.25) is 5.89 Å². The van der Waals surface area contributed by atoms with E-state index in [1.165, 1.54) is 12.8 Å². The number of benzene rings is 1.